The molecule has 1 atom stereocenters. The zero-order valence-corrected chi connectivity index (χ0v) is 15.6. The summed E-state index contributed by atoms with van der Waals surface area (Å²) in [5.41, 5.74) is 1.99. The number of likely N-dealkylation sites (N-methyl/N-ethyl adjacent to an activating group) is 1. The number of rotatable bonds is 5. The molecule has 0 amide bonds. The summed E-state index contributed by atoms with van der Waals surface area (Å²) in [6.45, 7) is 0. The number of benzene rings is 1. The molecule has 0 saturated carbocycles. The molecule has 21 heavy (non-hydrogen) atoms. The van der Waals surface area contributed by atoms with Crippen LogP contribution in [0, 0.1) is 0 Å². The highest BCUT2D eigenvalue weighted by molar-refractivity contribution is 9.11. The molecule has 0 fully saturated rings. The van der Waals surface area contributed by atoms with Crippen molar-refractivity contribution in [3.05, 3.63) is 55.7 Å². The predicted molar refractivity (Wildman–Crippen MR) is 93.1 cm³/mol. The van der Waals surface area contributed by atoms with Crippen molar-refractivity contribution in [1.82, 2.24) is 10.3 Å². The fraction of sp³-hybridized carbons (Fsp3) is 0.267. The largest absolute Gasteiger partial charge is 0.496 e. The molecule has 0 radical (unpaired) electrons. The summed E-state index contributed by atoms with van der Waals surface area (Å²) in [5, 5.41) is 3.99. The zero-order valence-electron chi connectivity index (χ0n) is 11.7. The molecule has 0 aliphatic carbocycles. The van der Waals surface area contributed by atoms with Gasteiger partial charge < -0.3 is 10.1 Å². The minimum absolute atomic E-state index is 0.0554. The molecule has 0 aliphatic rings. The van der Waals surface area contributed by atoms with Crippen molar-refractivity contribution in [3.63, 3.8) is 0 Å². The van der Waals surface area contributed by atoms with E-state index >= 15 is 0 Å². The van der Waals surface area contributed by atoms with E-state index in [0.29, 0.717) is 5.02 Å². The van der Waals surface area contributed by atoms with E-state index in [1.165, 1.54) is 0 Å². The second-order valence-electron chi connectivity index (χ2n) is 4.52. The summed E-state index contributed by atoms with van der Waals surface area (Å²) in [6.07, 6.45) is 2.52. The standard InChI is InChI=1S/C15H15Br2ClN2O/c1-19-13(15-12(17)7-10(16)8-20-15)6-9-5-11(18)3-4-14(9)21-2/h3-5,7-8,13,19H,6H2,1-2H3. The number of nitrogens with zero attached hydrogens (tertiary/aromatic N) is 1. The number of hydrogen-bond acceptors (Lipinski definition) is 3. The van der Waals surface area contributed by atoms with Gasteiger partial charge in [0.15, 0.2) is 0 Å². The highest BCUT2D eigenvalue weighted by atomic mass is 79.9. The Hall–Kier alpha value is -0.620. The number of halogens is 3. The van der Waals surface area contributed by atoms with Crippen molar-refractivity contribution in [2.75, 3.05) is 14.2 Å². The molecule has 0 aliphatic heterocycles. The average molecular weight is 435 g/mol. The van der Waals surface area contributed by atoms with Crippen LogP contribution in [-0.4, -0.2) is 19.1 Å². The highest BCUT2D eigenvalue weighted by Gasteiger charge is 2.17. The average Bonchev–Trinajstić information content (AvgIpc) is 2.45. The van der Waals surface area contributed by atoms with Gasteiger partial charge in [0.05, 0.1) is 18.8 Å². The van der Waals surface area contributed by atoms with Crippen LogP contribution >= 0.6 is 43.5 Å². The van der Waals surface area contributed by atoms with Crippen LogP contribution in [0.5, 0.6) is 5.75 Å². The second kappa shape index (κ2) is 7.58. The Morgan fingerprint density at radius 3 is 2.71 bits per heavy atom. The number of hydrogen-bond donors (Lipinski definition) is 1. The maximum atomic E-state index is 6.09. The molecule has 1 unspecified atom stereocenters. The van der Waals surface area contributed by atoms with Crippen LogP contribution < -0.4 is 10.1 Å². The quantitative estimate of drug-likeness (QED) is 0.736. The van der Waals surface area contributed by atoms with E-state index in [4.69, 9.17) is 16.3 Å². The van der Waals surface area contributed by atoms with Gasteiger partial charge in [-0.25, -0.2) is 0 Å². The first kappa shape index (κ1) is 16.7. The van der Waals surface area contributed by atoms with Crippen LogP contribution in [0.15, 0.2) is 39.4 Å². The minimum Gasteiger partial charge on any atom is -0.496 e. The third-order valence-electron chi connectivity index (χ3n) is 3.18. The first-order valence-corrected chi connectivity index (χ1v) is 8.32. The second-order valence-corrected chi connectivity index (χ2v) is 6.73. The SMILES string of the molecule is CNC(Cc1cc(Cl)ccc1OC)c1ncc(Br)cc1Br. The van der Waals surface area contributed by atoms with Crippen molar-refractivity contribution in [1.29, 1.82) is 0 Å². The Labute approximate surface area is 146 Å². The molecule has 2 aromatic rings. The van der Waals surface area contributed by atoms with Gasteiger partial charge in [0.2, 0.25) is 0 Å². The first-order chi connectivity index (χ1) is 10.0. The molecule has 1 heterocycles. The van der Waals surface area contributed by atoms with Crippen molar-refractivity contribution < 1.29 is 4.74 Å². The minimum atomic E-state index is 0.0554. The van der Waals surface area contributed by atoms with E-state index < -0.39 is 0 Å². The summed E-state index contributed by atoms with van der Waals surface area (Å²) in [4.78, 5) is 4.49. The third kappa shape index (κ3) is 4.19. The Morgan fingerprint density at radius 2 is 2.10 bits per heavy atom. The lowest BCUT2D eigenvalue weighted by Gasteiger charge is -2.19. The summed E-state index contributed by atoms with van der Waals surface area (Å²) >= 11 is 13.1. The number of pyridine rings is 1. The molecule has 1 N–H and O–H groups in total. The van der Waals surface area contributed by atoms with Crippen LogP contribution in [0.2, 0.25) is 5.02 Å². The van der Waals surface area contributed by atoms with Crippen molar-refractivity contribution in [3.8, 4) is 5.75 Å². The Morgan fingerprint density at radius 1 is 1.33 bits per heavy atom. The Bertz CT molecular complexity index is 637. The van der Waals surface area contributed by atoms with Gasteiger partial charge in [0.25, 0.3) is 0 Å². The van der Waals surface area contributed by atoms with Crippen LogP contribution in [-0.2, 0) is 6.42 Å². The van der Waals surface area contributed by atoms with Crippen LogP contribution in [0.3, 0.4) is 0 Å². The number of nitrogens with one attached hydrogen (secondary N) is 1. The third-order valence-corrected chi connectivity index (χ3v) is 4.49. The van der Waals surface area contributed by atoms with E-state index in [1.54, 1.807) is 13.3 Å². The molecule has 0 saturated heterocycles. The molecular weight excluding hydrogens is 419 g/mol. The van der Waals surface area contributed by atoms with Crippen LogP contribution in [0.4, 0.5) is 0 Å². The fourth-order valence-electron chi connectivity index (χ4n) is 2.14. The normalized spacial score (nSPS) is 12.2. The summed E-state index contributed by atoms with van der Waals surface area (Å²) in [6, 6.07) is 7.68. The van der Waals surface area contributed by atoms with Crippen molar-refractivity contribution in [2.45, 2.75) is 12.5 Å². The smallest absolute Gasteiger partial charge is 0.122 e. The number of ether oxygens (including phenoxy) is 1. The lowest BCUT2D eigenvalue weighted by molar-refractivity contribution is 0.406. The van der Waals surface area contributed by atoms with E-state index in [2.05, 4.69) is 42.2 Å². The van der Waals surface area contributed by atoms with Gasteiger partial charge >= 0.3 is 0 Å². The van der Waals surface area contributed by atoms with Crippen LogP contribution in [0.1, 0.15) is 17.3 Å². The van der Waals surface area contributed by atoms with E-state index in [1.807, 2.05) is 31.3 Å². The summed E-state index contributed by atoms with van der Waals surface area (Å²) < 4.78 is 7.30. The predicted octanol–water partition coefficient (Wildman–Crippen LogP) is 4.77. The zero-order chi connectivity index (χ0) is 15.4. The highest BCUT2D eigenvalue weighted by Crippen LogP contribution is 2.30. The molecule has 6 heteroatoms. The number of aromatic nitrogens is 1. The molecule has 112 valence electrons. The molecule has 0 bridgehead atoms. The van der Waals surface area contributed by atoms with Gasteiger partial charge in [0.1, 0.15) is 5.75 Å². The summed E-state index contributed by atoms with van der Waals surface area (Å²) in [5.74, 6) is 0.827. The van der Waals surface area contributed by atoms with Gasteiger partial charge in [-0.1, -0.05) is 11.6 Å². The maximum Gasteiger partial charge on any atom is 0.122 e. The van der Waals surface area contributed by atoms with Crippen molar-refractivity contribution in [2.24, 2.45) is 0 Å². The molecular formula is C15H15Br2ClN2O. The molecule has 3 nitrogen and oxygen atoms in total. The van der Waals surface area contributed by atoms with Gasteiger partial charge in [0, 0.05) is 20.2 Å². The van der Waals surface area contributed by atoms with E-state index in [0.717, 1.165) is 32.4 Å². The van der Waals surface area contributed by atoms with Crippen LogP contribution in [0.25, 0.3) is 0 Å². The fourth-order valence-corrected chi connectivity index (χ4v) is 3.60. The van der Waals surface area contributed by atoms with E-state index in [-0.39, 0.29) is 6.04 Å². The Balaban J connectivity index is 2.33. The Kier molecular flexibility index (Phi) is 6.05. The molecule has 0 spiro atoms. The van der Waals surface area contributed by atoms with Gasteiger partial charge in [-0.05, 0) is 75.2 Å². The summed E-state index contributed by atoms with van der Waals surface area (Å²) in [7, 11) is 3.58. The van der Waals surface area contributed by atoms with Gasteiger partial charge in [-0.15, -0.1) is 0 Å². The maximum absolute atomic E-state index is 6.09. The van der Waals surface area contributed by atoms with Crippen molar-refractivity contribution >= 4 is 43.5 Å². The number of methoxy groups -OCH3 is 1. The molecule has 1 aromatic carbocycles. The molecule has 1 aromatic heterocycles. The first-order valence-electron chi connectivity index (χ1n) is 6.35. The molecule has 2 rings (SSSR count). The monoisotopic (exact) mass is 432 g/mol. The topological polar surface area (TPSA) is 34.1 Å². The van der Waals surface area contributed by atoms with Gasteiger partial charge in [-0.3, -0.25) is 4.98 Å². The van der Waals surface area contributed by atoms with Gasteiger partial charge in [-0.2, -0.15) is 0 Å². The van der Waals surface area contributed by atoms with E-state index in [9.17, 15) is 0 Å². The lowest BCUT2D eigenvalue weighted by atomic mass is 10.0. The lowest BCUT2D eigenvalue weighted by Crippen LogP contribution is -2.21.